The van der Waals surface area contributed by atoms with E-state index in [0.29, 0.717) is 34.8 Å². The second kappa shape index (κ2) is 9.47. The standard InChI is InChI=1S/C20H16ClN5O3S/c21-14-1-3-16(4-2-14)28-11-19-24-15(12-30-19)9-17(27)23-10-18-25-20(26-29-18)13-5-7-22-8-6-13/h1-8,12H,9-11H2,(H,23,27). The van der Waals surface area contributed by atoms with Crippen LogP contribution in [0.1, 0.15) is 16.6 Å². The van der Waals surface area contributed by atoms with E-state index in [0.717, 1.165) is 10.6 Å². The first-order valence-corrected chi connectivity index (χ1v) is 10.2. The smallest absolute Gasteiger partial charge is 0.246 e. The molecule has 152 valence electrons. The van der Waals surface area contributed by atoms with E-state index in [1.165, 1.54) is 11.3 Å². The molecule has 0 aliphatic heterocycles. The Morgan fingerprint density at radius 2 is 1.93 bits per heavy atom. The average molecular weight is 442 g/mol. The summed E-state index contributed by atoms with van der Waals surface area (Å²) in [6.45, 7) is 0.473. The lowest BCUT2D eigenvalue weighted by atomic mass is 10.2. The summed E-state index contributed by atoms with van der Waals surface area (Å²) in [5.41, 5.74) is 1.47. The molecule has 0 radical (unpaired) electrons. The number of nitrogens with one attached hydrogen (secondary N) is 1. The lowest BCUT2D eigenvalue weighted by Gasteiger charge is -2.03. The van der Waals surface area contributed by atoms with Crippen LogP contribution in [0, 0.1) is 0 Å². The van der Waals surface area contributed by atoms with Crippen LogP contribution in [-0.4, -0.2) is 26.0 Å². The number of aromatic nitrogens is 4. The highest BCUT2D eigenvalue weighted by Crippen LogP contribution is 2.18. The van der Waals surface area contributed by atoms with Crippen molar-refractivity contribution < 1.29 is 14.1 Å². The first kappa shape index (κ1) is 20.0. The molecule has 0 unspecified atom stereocenters. The third kappa shape index (κ3) is 5.40. The Kier molecular flexibility index (Phi) is 6.31. The van der Waals surface area contributed by atoms with E-state index in [4.69, 9.17) is 20.9 Å². The van der Waals surface area contributed by atoms with Crippen LogP contribution < -0.4 is 10.1 Å². The Morgan fingerprint density at radius 1 is 1.13 bits per heavy atom. The van der Waals surface area contributed by atoms with Crippen molar-refractivity contribution in [1.82, 2.24) is 25.4 Å². The normalized spacial score (nSPS) is 10.7. The Hall–Kier alpha value is -3.30. The maximum Gasteiger partial charge on any atom is 0.246 e. The molecule has 8 nitrogen and oxygen atoms in total. The van der Waals surface area contributed by atoms with Crippen molar-refractivity contribution in [3.8, 4) is 17.1 Å². The van der Waals surface area contributed by atoms with Gasteiger partial charge in [0.1, 0.15) is 17.4 Å². The number of hydrogen-bond donors (Lipinski definition) is 1. The first-order valence-electron chi connectivity index (χ1n) is 8.97. The molecule has 30 heavy (non-hydrogen) atoms. The van der Waals surface area contributed by atoms with Gasteiger partial charge in [0.2, 0.25) is 17.6 Å². The van der Waals surface area contributed by atoms with Gasteiger partial charge in [-0.1, -0.05) is 16.8 Å². The van der Waals surface area contributed by atoms with Gasteiger partial charge in [-0.25, -0.2) is 4.98 Å². The summed E-state index contributed by atoms with van der Waals surface area (Å²) in [6, 6.07) is 10.7. The molecule has 0 saturated carbocycles. The van der Waals surface area contributed by atoms with Gasteiger partial charge >= 0.3 is 0 Å². The molecule has 3 heterocycles. The summed E-state index contributed by atoms with van der Waals surface area (Å²) in [5, 5.41) is 9.94. The number of amides is 1. The number of hydrogen-bond acceptors (Lipinski definition) is 8. The Morgan fingerprint density at radius 3 is 2.73 bits per heavy atom. The molecule has 3 aromatic heterocycles. The predicted octanol–water partition coefficient (Wildman–Crippen LogP) is 3.68. The molecule has 10 heteroatoms. The van der Waals surface area contributed by atoms with E-state index in [1.807, 2.05) is 5.38 Å². The number of nitrogens with zero attached hydrogens (tertiary/aromatic N) is 4. The lowest BCUT2D eigenvalue weighted by Crippen LogP contribution is -2.24. The van der Waals surface area contributed by atoms with Crippen molar-refractivity contribution >= 4 is 28.8 Å². The molecule has 4 aromatic rings. The van der Waals surface area contributed by atoms with Crippen molar-refractivity contribution in [2.24, 2.45) is 0 Å². The van der Waals surface area contributed by atoms with Gasteiger partial charge in [0.25, 0.3) is 0 Å². The first-order chi connectivity index (χ1) is 14.7. The number of carbonyl (C=O) groups excluding carboxylic acids is 1. The number of carbonyl (C=O) groups is 1. The van der Waals surface area contributed by atoms with Gasteiger partial charge < -0.3 is 14.6 Å². The molecule has 0 bridgehead atoms. The van der Waals surface area contributed by atoms with Crippen molar-refractivity contribution in [2.75, 3.05) is 0 Å². The molecular formula is C20H16ClN5O3S. The Labute approximate surface area is 180 Å². The fourth-order valence-electron chi connectivity index (χ4n) is 2.52. The highest BCUT2D eigenvalue weighted by Gasteiger charge is 2.12. The molecule has 0 spiro atoms. The maximum absolute atomic E-state index is 12.2. The van der Waals surface area contributed by atoms with E-state index >= 15 is 0 Å². The Bertz CT molecular complexity index is 1110. The largest absolute Gasteiger partial charge is 0.486 e. The minimum absolute atomic E-state index is 0.146. The molecule has 1 aromatic carbocycles. The number of pyridine rings is 1. The monoisotopic (exact) mass is 441 g/mol. The summed E-state index contributed by atoms with van der Waals surface area (Å²) >= 11 is 7.30. The number of ether oxygens (including phenoxy) is 1. The molecule has 4 rings (SSSR count). The number of halogens is 1. The summed E-state index contributed by atoms with van der Waals surface area (Å²) in [7, 11) is 0. The molecule has 0 aliphatic carbocycles. The van der Waals surface area contributed by atoms with Gasteiger partial charge in [0.05, 0.1) is 18.7 Å². The van der Waals surface area contributed by atoms with Crippen molar-refractivity contribution in [3.05, 3.63) is 75.8 Å². The fraction of sp³-hybridized carbons (Fsp3) is 0.150. The summed E-state index contributed by atoms with van der Waals surface area (Å²) < 4.78 is 10.8. The lowest BCUT2D eigenvalue weighted by molar-refractivity contribution is -0.120. The minimum Gasteiger partial charge on any atom is -0.486 e. The van der Waals surface area contributed by atoms with Crippen molar-refractivity contribution in [2.45, 2.75) is 19.6 Å². The molecule has 0 aliphatic rings. The van der Waals surface area contributed by atoms with Crippen LogP contribution in [0.4, 0.5) is 0 Å². The van der Waals surface area contributed by atoms with Crippen LogP contribution in [0.15, 0.2) is 58.7 Å². The zero-order valence-corrected chi connectivity index (χ0v) is 17.2. The van der Waals surface area contributed by atoms with Gasteiger partial charge in [-0.05, 0) is 36.4 Å². The summed E-state index contributed by atoms with van der Waals surface area (Å²) in [6.07, 6.45) is 3.45. The quantitative estimate of drug-likeness (QED) is 0.444. The topological polar surface area (TPSA) is 103 Å². The van der Waals surface area contributed by atoms with Crippen LogP contribution >= 0.6 is 22.9 Å². The van der Waals surface area contributed by atoms with Gasteiger partial charge in [-0.2, -0.15) is 4.98 Å². The average Bonchev–Trinajstić information content (AvgIpc) is 3.42. The van der Waals surface area contributed by atoms with E-state index in [-0.39, 0.29) is 18.9 Å². The zero-order valence-electron chi connectivity index (χ0n) is 15.6. The number of thiazole rings is 1. The number of rotatable bonds is 8. The molecule has 1 N–H and O–H groups in total. The van der Waals surface area contributed by atoms with E-state index < -0.39 is 0 Å². The van der Waals surface area contributed by atoms with Gasteiger partial charge in [-0.15, -0.1) is 11.3 Å². The molecule has 0 saturated heterocycles. The van der Waals surface area contributed by atoms with Gasteiger partial charge in [0, 0.05) is 28.4 Å². The van der Waals surface area contributed by atoms with E-state index in [2.05, 4.69) is 25.4 Å². The van der Waals surface area contributed by atoms with Gasteiger partial charge in [0.15, 0.2) is 0 Å². The Balaban J connectivity index is 1.24. The van der Waals surface area contributed by atoms with Crippen LogP contribution in [0.2, 0.25) is 5.02 Å². The molecular weight excluding hydrogens is 426 g/mol. The van der Waals surface area contributed by atoms with E-state index in [9.17, 15) is 4.79 Å². The molecule has 0 fully saturated rings. The summed E-state index contributed by atoms with van der Waals surface area (Å²) in [4.78, 5) is 24.8. The molecule has 0 atom stereocenters. The van der Waals surface area contributed by atoms with Crippen LogP contribution in [0.5, 0.6) is 5.75 Å². The third-order valence-corrected chi connectivity index (χ3v) is 5.08. The predicted molar refractivity (Wildman–Crippen MR) is 111 cm³/mol. The van der Waals surface area contributed by atoms with E-state index in [1.54, 1.807) is 48.8 Å². The SMILES string of the molecule is O=C(Cc1csc(COc2ccc(Cl)cc2)n1)NCc1nc(-c2ccncc2)no1. The van der Waals surface area contributed by atoms with Crippen molar-refractivity contribution in [3.63, 3.8) is 0 Å². The fourth-order valence-corrected chi connectivity index (χ4v) is 3.35. The highest BCUT2D eigenvalue weighted by atomic mass is 35.5. The van der Waals surface area contributed by atoms with Gasteiger partial charge in [-0.3, -0.25) is 9.78 Å². The van der Waals surface area contributed by atoms with Crippen molar-refractivity contribution in [1.29, 1.82) is 0 Å². The van der Waals surface area contributed by atoms with Crippen LogP contribution in [0.3, 0.4) is 0 Å². The zero-order chi connectivity index (χ0) is 20.8. The second-order valence-corrected chi connectivity index (χ2v) is 7.56. The van der Waals surface area contributed by atoms with Crippen LogP contribution in [0.25, 0.3) is 11.4 Å². The maximum atomic E-state index is 12.2. The summed E-state index contributed by atoms with van der Waals surface area (Å²) in [5.74, 6) is 1.30. The van der Waals surface area contributed by atoms with Crippen LogP contribution in [-0.2, 0) is 24.4 Å². The minimum atomic E-state index is -0.186. The second-order valence-electron chi connectivity index (χ2n) is 6.18. The third-order valence-electron chi connectivity index (χ3n) is 3.96. The molecule has 1 amide bonds. The highest BCUT2D eigenvalue weighted by molar-refractivity contribution is 7.09. The number of benzene rings is 1.